The minimum atomic E-state index is 0.813. The lowest BCUT2D eigenvalue weighted by molar-refractivity contribution is 0.220. The van der Waals surface area contributed by atoms with Crippen LogP contribution in [0.25, 0.3) is 0 Å². The zero-order chi connectivity index (χ0) is 11.7. The van der Waals surface area contributed by atoms with Crippen LogP contribution in [0, 0.1) is 11.8 Å². The standard InChI is InChI=1S/C14H27N3/c1-12-14-10-15-9-13(14)11-17(12)8-4-7-16-5-2-3-6-16/h12-15H,2-11H2,1H3. The van der Waals surface area contributed by atoms with Gasteiger partial charge in [-0.2, -0.15) is 0 Å². The number of rotatable bonds is 4. The molecule has 3 atom stereocenters. The van der Waals surface area contributed by atoms with Crippen LogP contribution < -0.4 is 5.32 Å². The van der Waals surface area contributed by atoms with Crippen LogP contribution in [0.15, 0.2) is 0 Å². The van der Waals surface area contributed by atoms with E-state index in [2.05, 4.69) is 22.0 Å². The van der Waals surface area contributed by atoms with E-state index in [-0.39, 0.29) is 0 Å². The van der Waals surface area contributed by atoms with Gasteiger partial charge in [0.25, 0.3) is 0 Å². The summed E-state index contributed by atoms with van der Waals surface area (Å²) in [6, 6.07) is 0.813. The summed E-state index contributed by atoms with van der Waals surface area (Å²) in [5, 5.41) is 3.54. The van der Waals surface area contributed by atoms with Crippen molar-refractivity contribution >= 4 is 0 Å². The van der Waals surface area contributed by atoms with Gasteiger partial charge in [0.1, 0.15) is 0 Å². The molecule has 3 unspecified atom stereocenters. The van der Waals surface area contributed by atoms with E-state index < -0.39 is 0 Å². The highest BCUT2D eigenvalue weighted by Crippen LogP contribution is 2.32. The molecular formula is C14H27N3. The van der Waals surface area contributed by atoms with E-state index in [0.717, 1.165) is 17.9 Å². The predicted molar refractivity (Wildman–Crippen MR) is 71.2 cm³/mol. The molecule has 0 spiro atoms. The first-order chi connectivity index (χ1) is 8.34. The number of hydrogen-bond acceptors (Lipinski definition) is 3. The summed E-state index contributed by atoms with van der Waals surface area (Å²) in [6.45, 7) is 11.7. The molecule has 98 valence electrons. The molecule has 0 bridgehead atoms. The molecule has 3 aliphatic rings. The summed E-state index contributed by atoms with van der Waals surface area (Å²) in [6.07, 6.45) is 4.23. The lowest BCUT2D eigenvalue weighted by Gasteiger charge is -2.25. The number of nitrogens with one attached hydrogen (secondary N) is 1. The summed E-state index contributed by atoms with van der Waals surface area (Å²) in [5.41, 5.74) is 0. The predicted octanol–water partition coefficient (Wildman–Crippen LogP) is 1.01. The maximum absolute atomic E-state index is 3.54. The van der Waals surface area contributed by atoms with Crippen molar-refractivity contribution in [1.29, 1.82) is 0 Å². The van der Waals surface area contributed by atoms with Gasteiger partial charge in [0.15, 0.2) is 0 Å². The third kappa shape index (κ3) is 2.51. The van der Waals surface area contributed by atoms with Crippen molar-refractivity contribution in [3.8, 4) is 0 Å². The van der Waals surface area contributed by atoms with Gasteiger partial charge < -0.3 is 10.2 Å². The van der Waals surface area contributed by atoms with Crippen LogP contribution in [0.3, 0.4) is 0 Å². The van der Waals surface area contributed by atoms with E-state index in [0.29, 0.717) is 0 Å². The van der Waals surface area contributed by atoms with Gasteiger partial charge in [0.05, 0.1) is 0 Å². The molecule has 3 heteroatoms. The minimum Gasteiger partial charge on any atom is -0.316 e. The number of likely N-dealkylation sites (tertiary alicyclic amines) is 2. The Morgan fingerprint density at radius 3 is 2.71 bits per heavy atom. The fourth-order valence-electron chi connectivity index (χ4n) is 4.05. The second-order valence-electron chi connectivity index (χ2n) is 6.22. The third-order valence-corrected chi connectivity index (χ3v) is 5.18. The van der Waals surface area contributed by atoms with Crippen LogP contribution >= 0.6 is 0 Å². The average molecular weight is 237 g/mol. The van der Waals surface area contributed by atoms with Crippen LogP contribution in [-0.4, -0.2) is 61.7 Å². The van der Waals surface area contributed by atoms with Gasteiger partial charge in [-0.3, -0.25) is 4.90 Å². The van der Waals surface area contributed by atoms with E-state index in [9.17, 15) is 0 Å². The van der Waals surface area contributed by atoms with Crippen molar-refractivity contribution in [1.82, 2.24) is 15.1 Å². The largest absolute Gasteiger partial charge is 0.316 e. The first kappa shape index (κ1) is 11.9. The summed E-state index contributed by atoms with van der Waals surface area (Å²) in [4.78, 5) is 5.38. The van der Waals surface area contributed by atoms with Crippen molar-refractivity contribution in [2.24, 2.45) is 11.8 Å². The fraction of sp³-hybridized carbons (Fsp3) is 1.00. The number of nitrogens with zero attached hydrogens (tertiary/aromatic N) is 2. The van der Waals surface area contributed by atoms with Gasteiger partial charge in [-0.25, -0.2) is 0 Å². The molecule has 3 heterocycles. The lowest BCUT2D eigenvalue weighted by Crippen LogP contribution is -2.35. The van der Waals surface area contributed by atoms with Crippen molar-refractivity contribution in [3.63, 3.8) is 0 Å². The highest BCUT2D eigenvalue weighted by atomic mass is 15.2. The summed E-state index contributed by atoms with van der Waals surface area (Å²) < 4.78 is 0. The van der Waals surface area contributed by atoms with E-state index in [1.807, 2.05) is 0 Å². The normalized spacial score (nSPS) is 39.0. The topological polar surface area (TPSA) is 18.5 Å². The summed E-state index contributed by atoms with van der Waals surface area (Å²) in [7, 11) is 0. The Bertz CT molecular complexity index is 250. The van der Waals surface area contributed by atoms with Gasteiger partial charge in [0.2, 0.25) is 0 Å². The van der Waals surface area contributed by atoms with E-state index >= 15 is 0 Å². The molecule has 0 aromatic rings. The Morgan fingerprint density at radius 2 is 1.94 bits per heavy atom. The van der Waals surface area contributed by atoms with Crippen molar-refractivity contribution in [3.05, 3.63) is 0 Å². The van der Waals surface area contributed by atoms with Crippen molar-refractivity contribution < 1.29 is 0 Å². The molecule has 0 aromatic heterocycles. The number of hydrogen-bond donors (Lipinski definition) is 1. The lowest BCUT2D eigenvalue weighted by atomic mass is 9.95. The molecule has 3 fully saturated rings. The zero-order valence-electron chi connectivity index (χ0n) is 11.2. The molecule has 0 radical (unpaired) electrons. The highest BCUT2D eigenvalue weighted by molar-refractivity contribution is 4.96. The first-order valence-corrected chi connectivity index (χ1v) is 7.52. The molecular weight excluding hydrogens is 210 g/mol. The first-order valence-electron chi connectivity index (χ1n) is 7.52. The monoisotopic (exact) mass is 237 g/mol. The molecule has 0 saturated carbocycles. The van der Waals surface area contributed by atoms with E-state index in [1.54, 1.807) is 0 Å². The SMILES string of the molecule is CC1C2CNCC2CN1CCCN1CCCC1. The maximum atomic E-state index is 3.54. The molecule has 1 N–H and O–H groups in total. The zero-order valence-corrected chi connectivity index (χ0v) is 11.2. The maximum Gasteiger partial charge on any atom is 0.0111 e. The van der Waals surface area contributed by atoms with Gasteiger partial charge >= 0.3 is 0 Å². The van der Waals surface area contributed by atoms with Gasteiger partial charge in [0, 0.05) is 12.6 Å². The molecule has 3 rings (SSSR count). The van der Waals surface area contributed by atoms with Crippen LogP contribution in [0.5, 0.6) is 0 Å². The van der Waals surface area contributed by atoms with Crippen LogP contribution in [0.4, 0.5) is 0 Å². The summed E-state index contributed by atoms with van der Waals surface area (Å²) in [5.74, 6) is 1.87. The fourth-order valence-corrected chi connectivity index (χ4v) is 4.05. The van der Waals surface area contributed by atoms with Gasteiger partial charge in [-0.05, 0) is 77.3 Å². The Labute approximate surface area is 106 Å². The second-order valence-corrected chi connectivity index (χ2v) is 6.22. The van der Waals surface area contributed by atoms with E-state index in [1.165, 1.54) is 65.1 Å². The Balaban J connectivity index is 1.40. The van der Waals surface area contributed by atoms with E-state index in [4.69, 9.17) is 0 Å². The molecule has 3 nitrogen and oxygen atoms in total. The van der Waals surface area contributed by atoms with Gasteiger partial charge in [-0.1, -0.05) is 0 Å². The molecule has 0 amide bonds. The Hall–Kier alpha value is -0.120. The Kier molecular flexibility index (Phi) is 3.69. The van der Waals surface area contributed by atoms with Crippen molar-refractivity contribution in [2.75, 3.05) is 45.8 Å². The molecule has 17 heavy (non-hydrogen) atoms. The second kappa shape index (κ2) is 5.25. The molecule has 0 aromatic carbocycles. The average Bonchev–Trinajstić information content (AvgIpc) is 3.00. The Morgan fingerprint density at radius 1 is 1.12 bits per heavy atom. The smallest absolute Gasteiger partial charge is 0.0111 e. The quantitative estimate of drug-likeness (QED) is 0.787. The highest BCUT2D eigenvalue weighted by Gasteiger charge is 2.41. The molecule has 3 aliphatic heterocycles. The molecule has 3 saturated heterocycles. The van der Waals surface area contributed by atoms with Crippen molar-refractivity contribution in [2.45, 2.75) is 32.2 Å². The van der Waals surface area contributed by atoms with Gasteiger partial charge in [-0.15, -0.1) is 0 Å². The molecule has 0 aliphatic carbocycles. The summed E-state index contributed by atoms with van der Waals surface area (Å²) >= 11 is 0. The van der Waals surface area contributed by atoms with Crippen LogP contribution in [0.2, 0.25) is 0 Å². The third-order valence-electron chi connectivity index (χ3n) is 5.18. The minimum absolute atomic E-state index is 0.813. The van der Waals surface area contributed by atoms with Crippen LogP contribution in [0.1, 0.15) is 26.2 Å². The number of fused-ring (bicyclic) bond motifs is 1. The van der Waals surface area contributed by atoms with Crippen LogP contribution in [-0.2, 0) is 0 Å².